The molecule has 0 aliphatic carbocycles. The summed E-state index contributed by atoms with van der Waals surface area (Å²) in [6.07, 6.45) is 0.666. The molecule has 0 aromatic heterocycles. The molecule has 0 heterocycles. The molecule has 4 nitrogen and oxygen atoms in total. The van der Waals surface area contributed by atoms with Crippen molar-refractivity contribution in [2.24, 2.45) is 0 Å². The third-order valence-corrected chi connectivity index (χ3v) is 3.42. The van der Waals surface area contributed by atoms with Crippen LogP contribution in [0.4, 0.5) is 0 Å². The zero-order chi connectivity index (χ0) is 10.3. The summed E-state index contributed by atoms with van der Waals surface area (Å²) in [5.41, 5.74) is 0. The lowest BCUT2D eigenvalue weighted by Crippen LogP contribution is -2.34. The molecule has 0 fully saturated rings. The molecule has 0 atom stereocenters. The van der Waals surface area contributed by atoms with Crippen molar-refractivity contribution in [1.29, 1.82) is 0 Å². The standard InChI is InChI=1S/C8H20N2O2S/c1-4-8-13(11,12)9-6-7-10(3)5-2/h9H,4-8H2,1-3H3. The van der Waals surface area contributed by atoms with Crippen LogP contribution in [0.15, 0.2) is 0 Å². The van der Waals surface area contributed by atoms with Crippen LogP contribution in [0.1, 0.15) is 20.3 Å². The zero-order valence-corrected chi connectivity index (χ0v) is 9.52. The molecule has 0 bridgehead atoms. The summed E-state index contributed by atoms with van der Waals surface area (Å²) in [6, 6.07) is 0. The van der Waals surface area contributed by atoms with Gasteiger partial charge in [-0.05, 0) is 20.0 Å². The second-order valence-corrected chi connectivity index (χ2v) is 5.04. The Labute approximate surface area is 81.4 Å². The summed E-state index contributed by atoms with van der Waals surface area (Å²) < 4.78 is 24.9. The number of nitrogens with zero attached hydrogens (tertiary/aromatic N) is 1. The lowest BCUT2D eigenvalue weighted by Gasteiger charge is -2.13. The Bertz CT molecular complexity index is 214. The van der Waals surface area contributed by atoms with Gasteiger partial charge in [0.15, 0.2) is 0 Å². The number of rotatable bonds is 7. The van der Waals surface area contributed by atoms with Gasteiger partial charge in [0.1, 0.15) is 0 Å². The molecule has 13 heavy (non-hydrogen) atoms. The Hall–Kier alpha value is -0.130. The van der Waals surface area contributed by atoms with Crippen LogP contribution >= 0.6 is 0 Å². The lowest BCUT2D eigenvalue weighted by molar-refractivity contribution is 0.358. The smallest absolute Gasteiger partial charge is 0.211 e. The number of nitrogens with one attached hydrogen (secondary N) is 1. The highest BCUT2D eigenvalue weighted by Crippen LogP contribution is 1.88. The van der Waals surface area contributed by atoms with Gasteiger partial charge in [0.05, 0.1) is 5.75 Å². The molecule has 0 saturated heterocycles. The maximum absolute atomic E-state index is 11.2. The Morgan fingerprint density at radius 1 is 1.31 bits per heavy atom. The van der Waals surface area contributed by atoms with Gasteiger partial charge in [-0.15, -0.1) is 0 Å². The molecule has 0 rings (SSSR count). The first-order valence-electron chi connectivity index (χ1n) is 4.67. The molecule has 0 aromatic rings. The predicted octanol–water partition coefficient (Wildman–Crippen LogP) is 0.267. The third-order valence-electron chi connectivity index (χ3n) is 1.83. The van der Waals surface area contributed by atoms with Crippen LogP contribution in [0.5, 0.6) is 0 Å². The highest BCUT2D eigenvalue weighted by Gasteiger charge is 2.07. The van der Waals surface area contributed by atoms with Crippen molar-refractivity contribution in [3.05, 3.63) is 0 Å². The first-order chi connectivity index (χ1) is 6.02. The van der Waals surface area contributed by atoms with Crippen molar-refractivity contribution >= 4 is 10.0 Å². The summed E-state index contributed by atoms with van der Waals surface area (Å²) in [6.45, 7) is 6.11. The van der Waals surface area contributed by atoms with Crippen LogP contribution in [0.3, 0.4) is 0 Å². The average molecular weight is 208 g/mol. The fourth-order valence-corrected chi connectivity index (χ4v) is 1.98. The van der Waals surface area contributed by atoms with Gasteiger partial charge in [-0.2, -0.15) is 0 Å². The minimum Gasteiger partial charge on any atom is -0.305 e. The van der Waals surface area contributed by atoms with Crippen LogP contribution in [-0.4, -0.2) is 45.8 Å². The van der Waals surface area contributed by atoms with Crippen LogP contribution in [0, 0.1) is 0 Å². The summed E-state index contributed by atoms with van der Waals surface area (Å²) >= 11 is 0. The normalized spacial score (nSPS) is 12.3. The summed E-state index contributed by atoms with van der Waals surface area (Å²) in [5.74, 6) is 0.225. The molecule has 80 valence electrons. The largest absolute Gasteiger partial charge is 0.305 e. The molecule has 0 spiro atoms. The maximum Gasteiger partial charge on any atom is 0.211 e. The molecule has 0 saturated carbocycles. The maximum atomic E-state index is 11.2. The highest BCUT2D eigenvalue weighted by molar-refractivity contribution is 7.89. The van der Waals surface area contributed by atoms with Gasteiger partial charge in [0.2, 0.25) is 10.0 Å². The number of likely N-dealkylation sites (N-methyl/N-ethyl adjacent to an activating group) is 1. The molecule has 0 aliphatic rings. The van der Waals surface area contributed by atoms with Gasteiger partial charge in [-0.1, -0.05) is 13.8 Å². The first-order valence-corrected chi connectivity index (χ1v) is 6.33. The van der Waals surface area contributed by atoms with Gasteiger partial charge < -0.3 is 4.90 Å². The Kier molecular flexibility index (Phi) is 6.28. The predicted molar refractivity (Wildman–Crippen MR) is 55.3 cm³/mol. The third kappa shape index (κ3) is 6.98. The average Bonchev–Trinajstić information content (AvgIpc) is 2.03. The molecular weight excluding hydrogens is 188 g/mol. The minimum absolute atomic E-state index is 0.225. The highest BCUT2D eigenvalue weighted by atomic mass is 32.2. The van der Waals surface area contributed by atoms with Crippen molar-refractivity contribution in [2.45, 2.75) is 20.3 Å². The SMILES string of the molecule is CCCS(=O)(=O)NCCN(C)CC. The van der Waals surface area contributed by atoms with Crippen molar-refractivity contribution in [2.75, 3.05) is 32.4 Å². The van der Waals surface area contributed by atoms with E-state index < -0.39 is 10.0 Å². The monoisotopic (exact) mass is 208 g/mol. The Morgan fingerprint density at radius 2 is 1.92 bits per heavy atom. The van der Waals surface area contributed by atoms with Crippen molar-refractivity contribution in [3.8, 4) is 0 Å². The van der Waals surface area contributed by atoms with E-state index in [1.165, 1.54) is 0 Å². The zero-order valence-electron chi connectivity index (χ0n) is 8.71. The summed E-state index contributed by atoms with van der Waals surface area (Å²) in [5, 5.41) is 0. The van der Waals surface area contributed by atoms with Crippen LogP contribution in [0.25, 0.3) is 0 Å². The van der Waals surface area contributed by atoms with Gasteiger partial charge >= 0.3 is 0 Å². The molecule has 1 N–H and O–H groups in total. The molecule has 0 radical (unpaired) electrons. The number of hydrogen-bond donors (Lipinski definition) is 1. The second kappa shape index (κ2) is 6.34. The topological polar surface area (TPSA) is 49.4 Å². The van der Waals surface area contributed by atoms with E-state index in [0.29, 0.717) is 13.0 Å². The summed E-state index contributed by atoms with van der Waals surface area (Å²) in [7, 11) is -1.05. The van der Waals surface area contributed by atoms with E-state index in [0.717, 1.165) is 13.1 Å². The van der Waals surface area contributed by atoms with Crippen molar-refractivity contribution in [1.82, 2.24) is 9.62 Å². The fraction of sp³-hybridized carbons (Fsp3) is 1.00. The van der Waals surface area contributed by atoms with E-state index in [4.69, 9.17) is 0 Å². The number of sulfonamides is 1. The van der Waals surface area contributed by atoms with Crippen LogP contribution in [-0.2, 0) is 10.0 Å². The Morgan fingerprint density at radius 3 is 2.38 bits per heavy atom. The lowest BCUT2D eigenvalue weighted by atomic mass is 10.5. The number of hydrogen-bond acceptors (Lipinski definition) is 3. The van der Waals surface area contributed by atoms with Crippen molar-refractivity contribution < 1.29 is 8.42 Å². The van der Waals surface area contributed by atoms with E-state index in [-0.39, 0.29) is 5.75 Å². The van der Waals surface area contributed by atoms with Gasteiger partial charge in [0, 0.05) is 13.1 Å². The molecular formula is C8H20N2O2S. The second-order valence-electron chi connectivity index (χ2n) is 3.11. The van der Waals surface area contributed by atoms with Gasteiger partial charge in [0.25, 0.3) is 0 Å². The first kappa shape index (κ1) is 12.9. The molecule has 0 aromatic carbocycles. The van der Waals surface area contributed by atoms with E-state index in [1.807, 2.05) is 20.9 Å². The molecule has 0 amide bonds. The van der Waals surface area contributed by atoms with Crippen LogP contribution in [0.2, 0.25) is 0 Å². The van der Waals surface area contributed by atoms with E-state index in [9.17, 15) is 8.42 Å². The van der Waals surface area contributed by atoms with E-state index in [2.05, 4.69) is 9.62 Å². The molecule has 0 unspecified atom stereocenters. The van der Waals surface area contributed by atoms with E-state index in [1.54, 1.807) is 0 Å². The van der Waals surface area contributed by atoms with Crippen LogP contribution < -0.4 is 4.72 Å². The quantitative estimate of drug-likeness (QED) is 0.653. The Balaban J connectivity index is 3.64. The van der Waals surface area contributed by atoms with Gasteiger partial charge in [-0.25, -0.2) is 13.1 Å². The summed E-state index contributed by atoms with van der Waals surface area (Å²) in [4.78, 5) is 2.06. The molecule has 5 heteroatoms. The molecule has 0 aliphatic heterocycles. The fourth-order valence-electron chi connectivity index (χ4n) is 0.891. The van der Waals surface area contributed by atoms with Gasteiger partial charge in [-0.3, -0.25) is 0 Å². The van der Waals surface area contributed by atoms with E-state index >= 15 is 0 Å². The van der Waals surface area contributed by atoms with Crippen molar-refractivity contribution in [3.63, 3.8) is 0 Å². The minimum atomic E-state index is -3.01.